The summed E-state index contributed by atoms with van der Waals surface area (Å²) >= 11 is 0. The molecule has 1 N–H and O–H groups in total. The molecule has 0 atom stereocenters. The summed E-state index contributed by atoms with van der Waals surface area (Å²) in [5.41, 5.74) is 0.877. The summed E-state index contributed by atoms with van der Waals surface area (Å²) in [6.07, 6.45) is 0. The monoisotopic (exact) mass is 270 g/mol. The topological polar surface area (TPSA) is 62.1 Å². The van der Waals surface area contributed by atoms with Crippen LogP contribution in [0.2, 0.25) is 0 Å². The van der Waals surface area contributed by atoms with Crippen LogP contribution in [-0.2, 0) is 0 Å². The van der Waals surface area contributed by atoms with E-state index in [4.69, 9.17) is 10.00 Å². The number of rotatable bonds is 3. The molecule has 0 spiro atoms. The third-order valence-corrected chi connectivity index (χ3v) is 2.71. The first kappa shape index (κ1) is 13.6. The highest BCUT2D eigenvalue weighted by molar-refractivity contribution is 6.05. The van der Waals surface area contributed by atoms with Gasteiger partial charge in [-0.15, -0.1) is 0 Å². The Morgan fingerprint density at radius 2 is 2.05 bits per heavy atom. The third kappa shape index (κ3) is 2.75. The van der Waals surface area contributed by atoms with Crippen molar-refractivity contribution >= 4 is 11.6 Å². The standard InChI is InChI=1S/C15H11FN2O2/c1-20-14-7-6-10(8-12(14)16)15(19)18-13-5-3-2-4-11(13)9-17/h2-8H,1H3,(H,18,19). The van der Waals surface area contributed by atoms with Crippen molar-refractivity contribution < 1.29 is 13.9 Å². The van der Waals surface area contributed by atoms with Crippen molar-refractivity contribution in [1.29, 1.82) is 5.26 Å². The van der Waals surface area contributed by atoms with E-state index in [1.807, 2.05) is 6.07 Å². The number of anilines is 1. The Hall–Kier alpha value is -2.87. The zero-order valence-electron chi connectivity index (χ0n) is 10.7. The number of carbonyl (C=O) groups excluding carboxylic acids is 1. The molecule has 0 fully saturated rings. The second kappa shape index (κ2) is 5.85. The van der Waals surface area contributed by atoms with Gasteiger partial charge in [0.15, 0.2) is 11.6 Å². The maximum absolute atomic E-state index is 13.5. The van der Waals surface area contributed by atoms with Crippen LogP contribution in [0.4, 0.5) is 10.1 Å². The van der Waals surface area contributed by atoms with Gasteiger partial charge in [0.25, 0.3) is 5.91 Å². The lowest BCUT2D eigenvalue weighted by Gasteiger charge is -2.08. The Labute approximate surface area is 115 Å². The molecule has 0 aliphatic heterocycles. The van der Waals surface area contributed by atoms with E-state index < -0.39 is 11.7 Å². The number of amides is 1. The summed E-state index contributed by atoms with van der Waals surface area (Å²) in [6.45, 7) is 0. The van der Waals surface area contributed by atoms with E-state index in [2.05, 4.69) is 5.32 Å². The Kier molecular flexibility index (Phi) is 3.96. The fourth-order valence-corrected chi connectivity index (χ4v) is 1.69. The Morgan fingerprint density at radius 1 is 1.30 bits per heavy atom. The summed E-state index contributed by atoms with van der Waals surface area (Å²) in [5.74, 6) is -1.04. The van der Waals surface area contributed by atoms with E-state index in [0.29, 0.717) is 11.3 Å². The predicted octanol–water partition coefficient (Wildman–Crippen LogP) is 2.96. The quantitative estimate of drug-likeness (QED) is 0.932. The summed E-state index contributed by atoms with van der Waals surface area (Å²) in [7, 11) is 1.35. The lowest BCUT2D eigenvalue weighted by molar-refractivity contribution is 0.102. The molecular formula is C15H11FN2O2. The van der Waals surface area contributed by atoms with Gasteiger partial charge in [-0.25, -0.2) is 4.39 Å². The highest BCUT2D eigenvalue weighted by Crippen LogP contribution is 2.19. The van der Waals surface area contributed by atoms with Crippen molar-refractivity contribution in [2.24, 2.45) is 0 Å². The van der Waals surface area contributed by atoms with Gasteiger partial charge in [-0.2, -0.15) is 5.26 Å². The number of para-hydroxylation sites is 1. The van der Waals surface area contributed by atoms with E-state index in [-0.39, 0.29) is 11.3 Å². The van der Waals surface area contributed by atoms with Gasteiger partial charge in [0.1, 0.15) is 6.07 Å². The van der Waals surface area contributed by atoms with Crippen LogP contribution in [0.15, 0.2) is 42.5 Å². The number of methoxy groups -OCH3 is 1. The van der Waals surface area contributed by atoms with Crippen LogP contribution in [-0.4, -0.2) is 13.0 Å². The number of nitriles is 1. The summed E-state index contributed by atoms with van der Waals surface area (Å²) < 4.78 is 18.3. The molecule has 0 saturated carbocycles. The normalized spacial score (nSPS) is 9.65. The molecule has 20 heavy (non-hydrogen) atoms. The van der Waals surface area contributed by atoms with Gasteiger partial charge in [-0.05, 0) is 30.3 Å². The number of carbonyl (C=O) groups is 1. The molecule has 0 radical (unpaired) electrons. The van der Waals surface area contributed by atoms with E-state index >= 15 is 0 Å². The molecule has 2 rings (SSSR count). The molecule has 0 saturated heterocycles. The second-order valence-electron chi connectivity index (χ2n) is 3.96. The number of hydrogen-bond donors (Lipinski definition) is 1. The SMILES string of the molecule is COc1ccc(C(=O)Nc2ccccc2C#N)cc1F. The molecule has 5 heteroatoms. The van der Waals surface area contributed by atoms with Crippen LogP contribution in [0, 0.1) is 17.1 Å². The molecular weight excluding hydrogens is 259 g/mol. The number of halogens is 1. The van der Waals surface area contributed by atoms with Crippen molar-refractivity contribution in [3.05, 3.63) is 59.4 Å². The third-order valence-electron chi connectivity index (χ3n) is 2.71. The molecule has 1 amide bonds. The van der Waals surface area contributed by atoms with E-state index in [0.717, 1.165) is 6.07 Å². The molecule has 0 unspecified atom stereocenters. The Balaban J connectivity index is 2.25. The predicted molar refractivity (Wildman–Crippen MR) is 72.1 cm³/mol. The van der Waals surface area contributed by atoms with Crippen LogP contribution in [0.5, 0.6) is 5.75 Å². The molecule has 4 nitrogen and oxygen atoms in total. The van der Waals surface area contributed by atoms with Gasteiger partial charge < -0.3 is 10.1 Å². The minimum atomic E-state index is -0.617. The Bertz CT molecular complexity index is 693. The van der Waals surface area contributed by atoms with Crippen molar-refractivity contribution in [2.75, 3.05) is 12.4 Å². The molecule has 100 valence electrons. The number of ether oxygens (including phenoxy) is 1. The average molecular weight is 270 g/mol. The number of nitrogens with one attached hydrogen (secondary N) is 1. The van der Waals surface area contributed by atoms with Gasteiger partial charge in [0.05, 0.1) is 18.4 Å². The van der Waals surface area contributed by atoms with E-state index in [1.165, 1.54) is 19.2 Å². The molecule has 2 aromatic rings. The van der Waals surface area contributed by atoms with E-state index in [9.17, 15) is 9.18 Å². The van der Waals surface area contributed by atoms with Crippen LogP contribution < -0.4 is 10.1 Å². The second-order valence-corrected chi connectivity index (χ2v) is 3.96. The Morgan fingerprint density at radius 3 is 2.70 bits per heavy atom. The van der Waals surface area contributed by atoms with Gasteiger partial charge in [-0.1, -0.05) is 12.1 Å². The van der Waals surface area contributed by atoms with Gasteiger partial charge in [0.2, 0.25) is 0 Å². The van der Waals surface area contributed by atoms with Gasteiger partial charge in [-0.3, -0.25) is 4.79 Å². The van der Waals surface area contributed by atoms with Crippen LogP contribution in [0.3, 0.4) is 0 Å². The van der Waals surface area contributed by atoms with Gasteiger partial charge >= 0.3 is 0 Å². The summed E-state index contributed by atoms with van der Waals surface area (Å²) in [6, 6.07) is 12.5. The van der Waals surface area contributed by atoms with Crippen molar-refractivity contribution in [2.45, 2.75) is 0 Å². The summed E-state index contributed by atoms with van der Waals surface area (Å²) in [4.78, 5) is 12.0. The van der Waals surface area contributed by atoms with Crippen LogP contribution in [0.25, 0.3) is 0 Å². The van der Waals surface area contributed by atoms with Crippen molar-refractivity contribution in [1.82, 2.24) is 0 Å². The maximum Gasteiger partial charge on any atom is 0.255 e. The molecule has 0 aromatic heterocycles. The minimum Gasteiger partial charge on any atom is -0.494 e. The highest BCUT2D eigenvalue weighted by Gasteiger charge is 2.11. The number of benzene rings is 2. The minimum absolute atomic E-state index is 0.0685. The average Bonchev–Trinajstić information content (AvgIpc) is 2.47. The highest BCUT2D eigenvalue weighted by atomic mass is 19.1. The number of nitrogens with zero attached hydrogens (tertiary/aromatic N) is 1. The smallest absolute Gasteiger partial charge is 0.255 e. The van der Waals surface area contributed by atoms with Crippen molar-refractivity contribution in [3.8, 4) is 11.8 Å². The molecule has 0 heterocycles. The largest absolute Gasteiger partial charge is 0.494 e. The van der Waals surface area contributed by atoms with E-state index in [1.54, 1.807) is 24.3 Å². The lowest BCUT2D eigenvalue weighted by Crippen LogP contribution is -2.13. The molecule has 0 aliphatic rings. The zero-order chi connectivity index (χ0) is 14.5. The molecule has 0 aliphatic carbocycles. The zero-order valence-corrected chi connectivity index (χ0v) is 10.7. The molecule has 2 aromatic carbocycles. The maximum atomic E-state index is 13.5. The van der Waals surface area contributed by atoms with Crippen LogP contribution in [0.1, 0.15) is 15.9 Å². The fourth-order valence-electron chi connectivity index (χ4n) is 1.69. The first-order valence-corrected chi connectivity index (χ1v) is 5.79. The number of hydrogen-bond acceptors (Lipinski definition) is 3. The molecule has 0 bridgehead atoms. The summed E-state index contributed by atoms with van der Waals surface area (Å²) in [5, 5.41) is 11.5. The lowest BCUT2D eigenvalue weighted by atomic mass is 10.1. The first-order valence-electron chi connectivity index (χ1n) is 5.79. The fraction of sp³-hybridized carbons (Fsp3) is 0.0667. The van der Waals surface area contributed by atoms with Crippen LogP contribution >= 0.6 is 0 Å². The van der Waals surface area contributed by atoms with Crippen molar-refractivity contribution in [3.63, 3.8) is 0 Å². The first-order chi connectivity index (χ1) is 9.65. The van der Waals surface area contributed by atoms with Gasteiger partial charge in [0, 0.05) is 5.56 Å².